The van der Waals surface area contributed by atoms with E-state index < -0.39 is 71.9 Å². The molecule has 23 heteroatoms. The fourth-order valence-corrected chi connectivity index (χ4v) is 14.0. The molecule has 2 aliphatic rings. The lowest BCUT2D eigenvalue weighted by molar-refractivity contribution is -0.151. The highest BCUT2D eigenvalue weighted by atomic mass is 16.5. The summed E-state index contributed by atoms with van der Waals surface area (Å²) >= 11 is 0. The van der Waals surface area contributed by atoms with Gasteiger partial charge in [-0.15, -0.1) is 0 Å². The molecule has 2 aromatic rings. The Bertz CT molecular complexity index is 2880. The summed E-state index contributed by atoms with van der Waals surface area (Å²) in [5.74, 6) is -6.63. The highest BCUT2D eigenvalue weighted by Gasteiger charge is 2.44. The van der Waals surface area contributed by atoms with Gasteiger partial charge in [-0.1, -0.05) is 118 Å². The van der Waals surface area contributed by atoms with E-state index in [1.54, 1.807) is 73.9 Å². The van der Waals surface area contributed by atoms with Crippen LogP contribution in [0.1, 0.15) is 157 Å². The number of piperidine rings is 1. The molecule has 0 spiro atoms. The van der Waals surface area contributed by atoms with Crippen LogP contribution in [0.2, 0.25) is 0 Å². The second kappa shape index (κ2) is 39.9. The van der Waals surface area contributed by atoms with Crippen molar-refractivity contribution in [3.8, 4) is 0 Å². The number of benzene rings is 2. The van der Waals surface area contributed by atoms with E-state index in [9.17, 15) is 52.7 Å². The highest BCUT2D eigenvalue weighted by molar-refractivity contribution is 5.98. The SMILES string of the molecule is CC[C@H](C)[C@@H]([C@@H](CC(=O)N1CCC[C@H]1[C@H](OC)[C@@H](C)C(=O)C[C@@H](Cc1ccccc1)C(=O)NCc1ccc(NC(=O)[C@H](CCCNC(N)=O)CC(=O)[C@@H](NC(=O)CCC(=O)N2CCC(C(=O)OC)C(C)C2)C(C)C)cc1)OC)N(C)C(=O)[C@@H](CC(=O)[C@H](C(C)C)N(C)C)C(C)C. The summed E-state index contributed by atoms with van der Waals surface area (Å²) in [4.78, 5) is 157. The number of nitrogens with zero attached hydrogens (tertiary/aromatic N) is 4. The quantitative estimate of drug-likeness (QED) is 0.0321. The number of primary amides is 1. The number of likely N-dealkylation sites (N-methyl/N-ethyl adjacent to an activating group) is 2. The maximum absolute atomic E-state index is 14.7. The number of rotatable bonds is 40. The van der Waals surface area contributed by atoms with Crippen molar-refractivity contribution in [3.05, 3.63) is 65.7 Å². The zero-order valence-electron chi connectivity index (χ0n) is 60.2. The number of ether oxygens (including phenoxy) is 3. The van der Waals surface area contributed by atoms with Gasteiger partial charge in [0, 0.05) is 115 Å². The first-order chi connectivity index (χ1) is 45.4. The number of amides is 8. The predicted octanol–water partition coefficient (Wildman–Crippen LogP) is 7.40. The van der Waals surface area contributed by atoms with Gasteiger partial charge in [0.15, 0.2) is 11.6 Å². The summed E-state index contributed by atoms with van der Waals surface area (Å²) < 4.78 is 17.2. The number of likely N-dealkylation sites (tertiary alicyclic amines) is 2. The van der Waals surface area contributed by atoms with Crippen molar-refractivity contribution in [2.24, 2.45) is 64.9 Å². The number of esters is 1. The second-order valence-corrected chi connectivity index (χ2v) is 28.0. The molecule has 0 radical (unpaired) electrons. The van der Waals surface area contributed by atoms with E-state index in [-0.39, 0.29) is 153 Å². The first kappa shape index (κ1) is 81.3. The first-order valence-electron chi connectivity index (χ1n) is 34.6. The first-order valence-corrected chi connectivity index (χ1v) is 34.6. The molecule has 2 aromatic carbocycles. The van der Waals surface area contributed by atoms with Crippen molar-refractivity contribution in [3.63, 3.8) is 0 Å². The van der Waals surface area contributed by atoms with Crippen molar-refractivity contribution in [1.82, 2.24) is 35.6 Å². The molecule has 2 unspecified atom stereocenters. The molecule has 13 atom stereocenters. The lowest BCUT2D eigenvalue weighted by Gasteiger charge is -2.41. The molecule has 0 aliphatic carbocycles. The van der Waals surface area contributed by atoms with Gasteiger partial charge in [0.2, 0.25) is 35.4 Å². The number of anilines is 1. The van der Waals surface area contributed by atoms with E-state index in [1.165, 1.54) is 14.2 Å². The van der Waals surface area contributed by atoms with E-state index in [2.05, 4.69) is 21.3 Å². The molecule has 2 fully saturated rings. The Morgan fingerprint density at radius 2 is 1.34 bits per heavy atom. The number of Topliss-reactive ketones (excluding diaryl/α,β-unsaturated/α-hetero) is 3. The molecule has 8 amide bonds. The fourth-order valence-electron chi connectivity index (χ4n) is 14.0. The Morgan fingerprint density at radius 3 is 1.91 bits per heavy atom. The molecular formula is C73H115N9O14. The molecule has 0 aromatic heterocycles. The van der Waals surface area contributed by atoms with Crippen LogP contribution in [-0.2, 0) is 75.1 Å². The van der Waals surface area contributed by atoms with Crippen molar-refractivity contribution in [2.45, 2.75) is 196 Å². The zero-order valence-corrected chi connectivity index (χ0v) is 60.2. The van der Waals surface area contributed by atoms with Gasteiger partial charge in [0.1, 0.15) is 5.78 Å². The zero-order chi connectivity index (χ0) is 71.7. The lowest BCUT2D eigenvalue weighted by Crippen LogP contribution is -2.54. The summed E-state index contributed by atoms with van der Waals surface area (Å²) in [7, 11) is 9.93. The number of hydrogen-bond donors (Lipinski definition) is 5. The van der Waals surface area contributed by atoms with Crippen molar-refractivity contribution >= 4 is 70.5 Å². The van der Waals surface area contributed by atoms with Gasteiger partial charge in [-0.05, 0) is 105 Å². The molecule has 536 valence electrons. The molecule has 4 rings (SSSR count). The molecule has 0 saturated carbocycles. The number of hydrogen-bond acceptors (Lipinski definition) is 15. The summed E-state index contributed by atoms with van der Waals surface area (Å²) in [6, 6.07) is 13.3. The number of carbonyl (C=O) groups excluding carboxylic acids is 11. The summed E-state index contributed by atoms with van der Waals surface area (Å²) in [5, 5.41) is 11.2. The van der Waals surface area contributed by atoms with Crippen LogP contribution < -0.4 is 27.0 Å². The molecular weight excluding hydrogens is 1230 g/mol. The Kier molecular flexibility index (Phi) is 33.8. The molecule has 2 saturated heterocycles. The number of nitrogens with two attached hydrogens (primary N) is 1. The largest absolute Gasteiger partial charge is 0.469 e. The Morgan fingerprint density at radius 1 is 0.688 bits per heavy atom. The van der Waals surface area contributed by atoms with Crippen molar-refractivity contribution in [2.75, 3.05) is 74.0 Å². The van der Waals surface area contributed by atoms with Crippen molar-refractivity contribution in [1.29, 1.82) is 0 Å². The molecule has 96 heavy (non-hydrogen) atoms. The fraction of sp³-hybridized carbons (Fsp3) is 0.685. The maximum atomic E-state index is 14.7. The smallest absolute Gasteiger partial charge is 0.312 e. The van der Waals surface area contributed by atoms with E-state index >= 15 is 0 Å². The van der Waals surface area contributed by atoms with Crippen LogP contribution in [-0.4, -0.2) is 189 Å². The standard InChI is InChI=1S/C73H115N9O14/c1-17-47(8)67(80(13)71(91)56(44(2)3)40-60(85)66(46(6)7)79(11)12)61(94-14)41-64(88)82-35-22-26-57(82)68(95-15)49(10)58(83)39-53(37-50-23-19-18-20-24-50)69(89)76-42-51-27-29-54(30-28-51)77-70(90)52(25-21-34-75-73(74)93)38-59(84)65(45(4)5)78-62(86)31-32-63(87)81-36-33-55(48(9)43-81)72(92)96-16/h18-20,23-24,27-30,44-49,52-53,55-57,61,65-68H,17,21-22,25-26,31-43H2,1-16H3,(H,76,89)(H,77,90)(H,78,86)(H3,74,75,93)/t47-,48?,49-,52+,53+,55?,56-,57-,61+,65-,66-,67-,68+/m0/s1. The number of ketones is 3. The summed E-state index contributed by atoms with van der Waals surface area (Å²) in [6.07, 6.45) is 1.29. The van der Waals surface area contributed by atoms with Gasteiger partial charge in [0.25, 0.3) is 0 Å². The third kappa shape index (κ3) is 24.2. The van der Waals surface area contributed by atoms with Gasteiger partial charge >= 0.3 is 12.0 Å². The maximum Gasteiger partial charge on any atom is 0.312 e. The van der Waals surface area contributed by atoms with Crippen LogP contribution in [0.15, 0.2) is 54.6 Å². The average Bonchev–Trinajstić information content (AvgIpc) is 1.34. The van der Waals surface area contributed by atoms with E-state index in [0.717, 1.165) is 5.56 Å². The summed E-state index contributed by atoms with van der Waals surface area (Å²) in [5.41, 5.74) is 7.26. The van der Waals surface area contributed by atoms with Crippen LogP contribution in [0, 0.1) is 59.2 Å². The normalized spacial score (nSPS) is 18.9. The van der Waals surface area contributed by atoms with Crippen LogP contribution >= 0.6 is 0 Å². The average molecular weight is 1340 g/mol. The van der Waals surface area contributed by atoms with Gasteiger partial charge in [-0.3, -0.25) is 52.8 Å². The third-order valence-electron chi connectivity index (χ3n) is 19.8. The van der Waals surface area contributed by atoms with Gasteiger partial charge < -0.3 is 55.9 Å². The number of carbonyl (C=O) groups is 11. The minimum absolute atomic E-state index is 0.0121. The van der Waals surface area contributed by atoms with Gasteiger partial charge in [-0.25, -0.2) is 4.79 Å². The van der Waals surface area contributed by atoms with Gasteiger partial charge in [0.05, 0.1) is 55.8 Å². The molecule has 2 heterocycles. The van der Waals surface area contributed by atoms with Crippen LogP contribution in [0.5, 0.6) is 0 Å². The Balaban J connectivity index is 1.43. The minimum Gasteiger partial charge on any atom is -0.469 e. The summed E-state index contributed by atoms with van der Waals surface area (Å²) in [6.45, 7) is 20.6. The van der Waals surface area contributed by atoms with Crippen LogP contribution in [0.4, 0.5) is 10.5 Å². The Labute approximate surface area is 570 Å². The third-order valence-corrected chi connectivity index (χ3v) is 19.8. The molecule has 0 bridgehead atoms. The highest BCUT2D eigenvalue weighted by Crippen LogP contribution is 2.33. The minimum atomic E-state index is -0.960. The van der Waals surface area contributed by atoms with E-state index in [1.807, 2.05) is 97.8 Å². The van der Waals surface area contributed by atoms with Gasteiger partial charge in [-0.2, -0.15) is 0 Å². The number of methoxy groups -OCH3 is 3. The van der Waals surface area contributed by atoms with Crippen molar-refractivity contribution < 1.29 is 67.0 Å². The monoisotopic (exact) mass is 1340 g/mol. The number of urea groups is 1. The lowest BCUT2D eigenvalue weighted by atomic mass is 9.83. The van der Waals surface area contributed by atoms with Crippen LogP contribution in [0.25, 0.3) is 0 Å². The van der Waals surface area contributed by atoms with E-state index in [0.29, 0.717) is 63.0 Å². The topological polar surface area (TPSA) is 303 Å². The van der Waals surface area contributed by atoms with E-state index in [4.69, 9.17) is 19.9 Å². The second-order valence-electron chi connectivity index (χ2n) is 28.0. The number of nitrogens with one attached hydrogen (secondary N) is 4. The molecule has 6 N–H and O–H groups in total. The molecule has 2 aliphatic heterocycles. The van der Waals surface area contributed by atoms with Crippen LogP contribution in [0.3, 0.4) is 0 Å². The molecule has 23 nitrogen and oxygen atoms in total. The Hall–Kier alpha value is -7.11. The predicted molar refractivity (Wildman–Crippen MR) is 368 cm³/mol.